The van der Waals surface area contributed by atoms with E-state index in [1.165, 1.54) is 0 Å². The zero-order valence-electron chi connectivity index (χ0n) is 16.3. The van der Waals surface area contributed by atoms with Crippen molar-refractivity contribution in [3.05, 3.63) is 30.1 Å². The Morgan fingerprint density at radius 1 is 1.30 bits per heavy atom. The summed E-state index contributed by atoms with van der Waals surface area (Å²) >= 11 is 0. The fourth-order valence-corrected chi connectivity index (χ4v) is 3.20. The van der Waals surface area contributed by atoms with Gasteiger partial charge in [0, 0.05) is 25.5 Å². The van der Waals surface area contributed by atoms with Crippen molar-refractivity contribution in [2.75, 3.05) is 25.0 Å². The van der Waals surface area contributed by atoms with Crippen molar-refractivity contribution < 1.29 is 9.53 Å². The second-order valence-electron chi connectivity index (χ2n) is 8.08. The van der Waals surface area contributed by atoms with Crippen molar-refractivity contribution in [2.24, 2.45) is 0 Å². The van der Waals surface area contributed by atoms with E-state index in [-0.39, 0.29) is 12.1 Å². The van der Waals surface area contributed by atoms with Gasteiger partial charge in [-0.3, -0.25) is 0 Å². The summed E-state index contributed by atoms with van der Waals surface area (Å²) in [6, 6.07) is 6.20. The minimum absolute atomic E-state index is 0.0777. The summed E-state index contributed by atoms with van der Waals surface area (Å²) in [5, 5.41) is 5.34. The first-order chi connectivity index (χ1) is 12.7. The van der Waals surface area contributed by atoms with E-state index in [1.54, 1.807) is 22.8 Å². The first-order valence-electron chi connectivity index (χ1n) is 9.04. The van der Waals surface area contributed by atoms with Crippen LogP contribution in [-0.2, 0) is 4.74 Å². The number of nitrogens with zero attached hydrogens (tertiary/aromatic N) is 6. The van der Waals surface area contributed by atoms with Crippen molar-refractivity contribution in [1.82, 2.24) is 24.5 Å². The molecule has 3 heterocycles. The Morgan fingerprint density at radius 3 is 2.74 bits per heavy atom. The molecule has 1 fully saturated rings. The van der Waals surface area contributed by atoms with Crippen LogP contribution in [0.5, 0.6) is 0 Å². The summed E-state index contributed by atoms with van der Waals surface area (Å²) < 4.78 is 7.22. The number of fused-ring (bicyclic) bond motifs is 3. The normalized spacial score (nSPS) is 15.2. The van der Waals surface area contributed by atoms with Crippen LogP contribution in [-0.4, -0.2) is 62.4 Å². The Hall–Kier alpha value is -2.90. The molecule has 0 aliphatic carbocycles. The van der Waals surface area contributed by atoms with Crippen LogP contribution in [0.1, 0.15) is 26.3 Å². The van der Waals surface area contributed by atoms with Crippen LogP contribution in [0.25, 0.3) is 16.6 Å². The van der Waals surface area contributed by atoms with E-state index in [1.807, 2.05) is 39.8 Å². The Morgan fingerprint density at radius 2 is 2.04 bits per heavy atom. The molecule has 0 N–H and O–H groups in total. The molecule has 2 aromatic heterocycles. The van der Waals surface area contributed by atoms with Gasteiger partial charge in [0.2, 0.25) is 5.95 Å². The molecule has 0 bridgehead atoms. The summed E-state index contributed by atoms with van der Waals surface area (Å²) in [6.45, 7) is 9.01. The Labute approximate surface area is 157 Å². The zero-order valence-corrected chi connectivity index (χ0v) is 16.3. The number of aryl methyl sites for hydroxylation is 1. The van der Waals surface area contributed by atoms with Crippen LogP contribution < -0.4 is 4.90 Å². The highest BCUT2D eigenvalue weighted by molar-refractivity contribution is 5.92. The molecule has 0 atom stereocenters. The molecule has 1 aliphatic heterocycles. The molecule has 1 aromatic carbocycles. The van der Waals surface area contributed by atoms with Crippen molar-refractivity contribution in [2.45, 2.75) is 39.3 Å². The number of hydrogen-bond acceptors (Lipinski definition) is 6. The molecule has 27 heavy (non-hydrogen) atoms. The fraction of sp³-hybridized carbons (Fsp3) is 0.474. The van der Waals surface area contributed by atoms with E-state index >= 15 is 0 Å². The number of hydrogen-bond donors (Lipinski definition) is 0. The highest BCUT2D eigenvalue weighted by Gasteiger charge is 2.36. The predicted molar refractivity (Wildman–Crippen MR) is 103 cm³/mol. The molecule has 0 radical (unpaired) electrons. The van der Waals surface area contributed by atoms with Gasteiger partial charge < -0.3 is 14.5 Å². The summed E-state index contributed by atoms with van der Waals surface area (Å²) in [6.07, 6.45) is 1.24. The van der Waals surface area contributed by atoms with E-state index in [0.29, 0.717) is 13.1 Å². The largest absolute Gasteiger partial charge is 0.444 e. The van der Waals surface area contributed by atoms with E-state index in [4.69, 9.17) is 9.72 Å². The summed E-state index contributed by atoms with van der Waals surface area (Å²) in [7, 11) is 1.78. The van der Waals surface area contributed by atoms with Gasteiger partial charge in [0.05, 0.1) is 11.6 Å². The lowest BCUT2D eigenvalue weighted by molar-refractivity contribution is 0.0196. The third-order valence-electron chi connectivity index (χ3n) is 4.72. The molecule has 4 rings (SSSR count). The van der Waals surface area contributed by atoms with Gasteiger partial charge in [0.25, 0.3) is 0 Å². The smallest absolute Gasteiger partial charge is 0.410 e. The Kier molecular flexibility index (Phi) is 3.94. The number of ether oxygens (including phenoxy) is 1. The Balaban J connectivity index is 1.57. The van der Waals surface area contributed by atoms with Gasteiger partial charge in [0.1, 0.15) is 11.9 Å². The standard InChI is InChI=1S/C19H24N6O2/c1-12-6-7-15-14(8-12)16-20-11-21-25(16)17(22-15)24-9-13(10-24)23(5)18(26)27-19(2,3)4/h6-8,11,13H,9-10H2,1-5H3. The van der Waals surface area contributed by atoms with Gasteiger partial charge in [0.15, 0.2) is 5.65 Å². The van der Waals surface area contributed by atoms with E-state index in [0.717, 1.165) is 28.1 Å². The lowest BCUT2D eigenvalue weighted by Crippen LogP contribution is -2.61. The molecule has 142 valence electrons. The quantitative estimate of drug-likeness (QED) is 0.692. The highest BCUT2D eigenvalue weighted by Crippen LogP contribution is 2.27. The van der Waals surface area contributed by atoms with Gasteiger partial charge in [-0.25, -0.2) is 14.8 Å². The number of carbonyl (C=O) groups excluding carboxylic acids is 1. The van der Waals surface area contributed by atoms with Crippen molar-refractivity contribution in [1.29, 1.82) is 0 Å². The SMILES string of the molecule is Cc1ccc2nc(N3CC(N(C)C(=O)OC(C)(C)C)C3)n3ncnc3c2c1. The number of benzene rings is 1. The van der Waals surface area contributed by atoms with Gasteiger partial charge >= 0.3 is 6.09 Å². The van der Waals surface area contributed by atoms with Gasteiger partial charge in [-0.1, -0.05) is 11.6 Å². The maximum Gasteiger partial charge on any atom is 0.410 e. The minimum atomic E-state index is -0.500. The molecule has 3 aromatic rings. The number of rotatable bonds is 2. The average molecular weight is 368 g/mol. The molecule has 8 nitrogen and oxygen atoms in total. The van der Waals surface area contributed by atoms with E-state index in [9.17, 15) is 4.79 Å². The topological polar surface area (TPSA) is 75.9 Å². The average Bonchev–Trinajstić information content (AvgIpc) is 3.02. The second-order valence-corrected chi connectivity index (χ2v) is 8.08. The summed E-state index contributed by atoms with van der Waals surface area (Å²) in [5.41, 5.74) is 2.34. The fourth-order valence-electron chi connectivity index (χ4n) is 3.20. The van der Waals surface area contributed by atoms with Crippen molar-refractivity contribution in [3.8, 4) is 0 Å². The molecule has 1 aliphatic rings. The molecule has 1 amide bonds. The molecule has 0 unspecified atom stereocenters. The highest BCUT2D eigenvalue weighted by atomic mass is 16.6. The van der Waals surface area contributed by atoms with Gasteiger partial charge in [-0.15, -0.1) is 0 Å². The third kappa shape index (κ3) is 3.15. The zero-order chi connectivity index (χ0) is 19.3. The molecule has 1 saturated heterocycles. The number of aromatic nitrogens is 4. The lowest BCUT2D eigenvalue weighted by atomic mass is 10.1. The number of anilines is 1. The number of amides is 1. The summed E-state index contributed by atoms with van der Waals surface area (Å²) in [5.74, 6) is 0.743. The Bertz CT molecular complexity index is 1020. The second kappa shape index (κ2) is 6.07. The molecule has 0 saturated carbocycles. The first-order valence-corrected chi connectivity index (χ1v) is 9.04. The maximum atomic E-state index is 12.3. The number of likely N-dealkylation sites (N-methyl/N-ethyl adjacent to an activating group) is 1. The lowest BCUT2D eigenvalue weighted by Gasteiger charge is -2.44. The van der Waals surface area contributed by atoms with Crippen LogP contribution in [0.3, 0.4) is 0 Å². The molecule has 0 spiro atoms. The van der Waals surface area contributed by atoms with E-state index < -0.39 is 5.60 Å². The third-order valence-corrected chi connectivity index (χ3v) is 4.72. The number of carbonyl (C=O) groups is 1. The van der Waals surface area contributed by atoms with Crippen molar-refractivity contribution >= 4 is 28.6 Å². The molecular formula is C19H24N6O2. The van der Waals surface area contributed by atoms with Crippen LogP contribution >= 0.6 is 0 Å². The monoisotopic (exact) mass is 368 g/mol. The van der Waals surface area contributed by atoms with Crippen LogP contribution in [0.2, 0.25) is 0 Å². The minimum Gasteiger partial charge on any atom is -0.444 e. The van der Waals surface area contributed by atoms with Crippen LogP contribution in [0.4, 0.5) is 10.7 Å². The van der Waals surface area contributed by atoms with Crippen LogP contribution in [0, 0.1) is 6.92 Å². The first kappa shape index (κ1) is 17.5. The molecular weight excluding hydrogens is 344 g/mol. The van der Waals surface area contributed by atoms with Gasteiger partial charge in [-0.2, -0.15) is 9.61 Å². The predicted octanol–water partition coefficient (Wildman–Crippen LogP) is 2.64. The molecule has 8 heteroatoms. The summed E-state index contributed by atoms with van der Waals surface area (Å²) in [4.78, 5) is 25.2. The van der Waals surface area contributed by atoms with Gasteiger partial charge in [-0.05, 0) is 39.8 Å². The maximum absolute atomic E-state index is 12.3. The van der Waals surface area contributed by atoms with E-state index in [2.05, 4.69) is 21.0 Å². The van der Waals surface area contributed by atoms with Crippen LogP contribution in [0.15, 0.2) is 24.5 Å². The van der Waals surface area contributed by atoms with Crippen molar-refractivity contribution in [3.63, 3.8) is 0 Å².